The summed E-state index contributed by atoms with van der Waals surface area (Å²) >= 11 is 1.46. The van der Waals surface area contributed by atoms with Crippen LogP contribution in [0.3, 0.4) is 0 Å². The lowest BCUT2D eigenvalue weighted by molar-refractivity contribution is 0.0602. The molecule has 1 fully saturated rings. The lowest BCUT2D eigenvalue weighted by Gasteiger charge is -2.19. The summed E-state index contributed by atoms with van der Waals surface area (Å²) in [6.07, 6.45) is 2.82. The second kappa shape index (κ2) is 9.13. The Kier molecular flexibility index (Phi) is 6.14. The highest BCUT2D eigenvalue weighted by Gasteiger charge is 2.22. The van der Waals surface area contributed by atoms with Crippen LogP contribution in [-0.4, -0.2) is 32.6 Å². The van der Waals surface area contributed by atoms with Crippen molar-refractivity contribution in [1.82, 2.24) is 0 Å². The predicted molar refractivity (Wildman–Crippen MR) is 122 cm³/mol. The third-order valence-corrected chi connectivity index (χ3v) is 6.00. The number of hydrogen-bond acceptors (Lipinski definition) is 5. The number of aliphatic imine (C=N–C) groups is 1. The molecule has 1 aliphatic heterocycles. The van der Waals surface area contributed by atoms with Gasteiger partial charge < -0.3 is 14.4 Å². The van der Waals surface area contributed by atoms with Gasteiger partial charge in [0, 0.05) is 18.7 Å². The number of benzene rings is 2. The van der Waals surface area contributed by atoms with E-state index < -0.39 is 0 Å². The lowest BCUT2D eigenvalue weighted by atomic mass is 10.0. The average Bonchev–Trinajstić information content (AvgIpc) is 3.44. The van der Waals surface area contributed by atoms with Gasteiger partial charge in [-0.2, -0.15) is 0 Å². The van der Waals surface area contributed by atoms with Crippen molar-refractivity contribution in [3.05, 3.63) is 76.7 Å². The van der Waals surface area contributed by atoms with Crippen molar-refractivity contribution in [3.8, 4) is 5.75 Å². The van der Waals surface area contributed by atoms with Gasteiger partial charge in [0.05, 0.1) is 19.8 Å². The van der Waals surface area contributed by atoms with Crippen LogP contribution in [0.1, 0.15) is 34.3 Å². The zero-order chi connectivity index (χ0) is 20.9. The predicted octanol–water partition coefficient (Wildman–Crippen LogP) is 5.46. The molecule has 4 rings (SSSR count). The molecule has 0 amide bonds. The zero-order valence-electron chi connectivity index (χ0n) is 17.1. The van der Waals surface area contributed by atoms with Gasteiger partial charge in [-0.15, -0.1) is 11.3 Å². The number of amidine groups is 1. The van der Waals surface area contributed by atoms with Crippen LogP contribution < -0.4 is 9.64 Å². The second-order valence-electron chi connectivity index (χ2n) is 7.11. The maximum Gasteiger partial charge on any atom is 0.340 e. The Morgan fingerprint density at radius 3 is 2.40 bits per heavy atom. The molecule has 154 valence electrons. The van der Waals surface area contributed by atoms with Gasteiger partial charge in [0.1, 0.15) is 16.6 Å². The number of nitrogens with zero attached hydrogens (tertiary/aromatic N) is 2. The summed E-state index contributed by atoms with van der Waals surface area (Å²) in [6, 6.07) is 18.6. The largest absolute Gasteiger partial charge is 0.497 e. The van der Waals surface area contributed by atoms with Crippen LogP contribution in [-0.2, 0) is 11.2 Å². The molecule has 2 heterocycles. The number of esters is 1. The van der Waals surface area contributed by atoms with Crippen LogP contribution in [0.5, 0.6) is 5.75 Å². The molecular weight excluding hydrogens is 396 g/mol. The molecule has 0 saturated carbocycles. The SMILES string of the molecule is COC(=O)c1ccsc1/N=C1\CCCN1c1ccc(Cc2ccc(OC)cc2)cc1. The Labute approximate surface area is 180 Å². The molecule has 30 heavy (non-hydrogen) atoms. The first-order valence-electron chi connectivity index (χ1n) is 9.90. The van der Waals surface area contributed by atoms with Crippen LogP contribution in [0.15, 0.2) is 65.0 Å². The van der Waals surface area contributed by atoms with Gasteiger partial charge in [0.15, 0.2) is 0 Å². The van der Waals surface area contributed by atoms with Crippen molar-refractivity contribution in [2.24, 2.45) is 4.99 Å². The van der Waals surface area contributed by atoms with Gasteiger partial charge in [-0.05, 0) is 59.7 Å². The van der Waals surface area contributed by atoms with Crippen LogP contribution >= 0.6 is 11.3 Å². The number of carbonyl (C=O) groups excluding carboxylic acids is 1. The van der Waals surface area contributed by atoms with Crippen molar-refractivity contribution >= 4 is 33.8 Å². The lowest BCUT2D eigenvalue weighted by Crippen LogP contribution is -2.23. The molecule has 6 heteroatoms. The summed E-state index contributed by atoms with van der Waals surface area (Å²) in [5, 5.41) is 2.58. The Hall–Kier alpha value is -3.12. The fourth-order valence-corrected chi connectivity index (χ4v) is 4.37. The Morgan fingerprint density at radius 2 is 1.73 bits per heavy atom. The first kappa shape index (κ1) is 20.2. The van der Waals surface area contributed by atoms with E-state index in [9.17, 15) is 4.79 Å². The normalized spacial score (nSPS) is 14.9. The summed E-state index contributed by atoms with van der Waals surface area (Å²) in [4.78, 5) is 19.0. The highest BCUT2D eigenvalue weighted by Crippen LogP contribution is 2.31. The minimum Gasteiger partial charge on any atom is -0.497 e. The molecule has 0 spiro atoms. The fourth-order valence-electron chi connectivity index (χ4n) is 3.60. The van der Waals surface area contributed by atoms with Gasteiger partial charge in [0.25, 0.3) is 0 Å². The van der Waals surface area contributed by atoms with E-state index in [4.69, 9.17) is 14.5 Å². The van der Waals surface area contributed by atoms with E-state index in [0.29, 0.717) is 10.6 Å². The van der Waals surface area contributed by atoms with E-state index in [0.717, 1.165) is 43.1 Å². The van der Waals surface area contributed by atoms with Crippen molar-refractivity contribution in [3.63, 3.8) is 0 Å². The molecule has 1 aromatic heterocycles. The zero-order valence-corrected chi connectivity index (χ0v) is 17.9. The standard InChI is InChI=1S/C24H24N2O3S/c1-28-20-11-7-18(8-12-20)16-17-5-9-19(10-6-17)26-14-3-4-22(26)25-23-21(13-15-30-23)24(27)29-2/h5-13,15H,3-4,14,16H2,1-2H3/b25-22+. The third kappa shape index (κ3) is 4.39. The van der Waals surface area contributed by atoms with Crippen LogP contribution in [0.4, 0.5) is 10.7 Å². The molecule has 0 aliphatic carbocycles. The third-order valence-electron chi connectivity index (χ3n) is 5.19. The van der Waals surface area contributed by atoms with Crippen molar-refractivity contribution in [2.45, 2.75) is 19.3 Å². The van der Waals surface area contributed by atoms with Gasteiger partial charge >= 0.3 is 5.97 Å². The number of anilines is 1. The smallest absolute Gasteiger partial charge is 0.340 e. The quantitative estimate of drug-likeness (QED) is 0.497. The Morgan fingerprint density at radius 1 is 1.03 bits per heavy atom. The van der Waals surface area contributed by atoms with Gasteiger partial charge in [0.2, 0.25) is 0 Å². The van der Waals surface area contributed by atoms with Crippen LogP contribution in [0.2, 0.25) is 0 Å². The summed E-state index contributed by atoms with van der Waals surface area (Å²) in [7, 11) is 3.07. The monoisotopic (exact) mass is 420 g/mol. The first-order valence-corrected chi connectivity index (χ1v) is 10.8. The minimum atomic E-state index is -0.344. The van der Waals surface area contributed by atoms with E-state index in [1.807, 2.05) is 17.5 Å². The van der Waals surface area contributed by atoms with E-state index in [1.54, 1.807) is 13.2 Å². The van der Waals surface area contributed by atoms with E-state index in [1.165, 1.54) is 29.6 Å². The maximum atomic E-state index is 11.9. The van der Waals surface area contributed by atoms with Crippen molar-refractivity contribution < 1.29 is 14.3 Å². The van der Waals surface area contributed by atoms with Gasteiger partial charge in [-0.1, -0.05) is 24.3 Å². The van der Waals surface area contributed by atoms with Gasteiger partial charge in [-0.25, -0.2) is 9.79 Å². The molecule has 0 N–H and O–H groups in total. The van der Waals surface area contributed by atoms with Crippen molar-refractivity contribution in [1.29, 1.82) is 0 Å². The number of ether oxygens (including phenoxy) is 2. The van der Waals surface area contributed by atoms with E-state index in [-0.39, 0.29) is 5.97 Å². The van der Waals surface area contributed by atoms with E-state index in [2.05, 4.69) is 41.3 Å². The number of thiophene rings is 1. The van der Waals surface area contributed by atoms with E-state index >= 15 is 0 Å². The van der Waals surface area contributed by atoms with Crippen LogP contribution in [0.25, 0.3) is 0 Å². The van der Waals surface area contributed by atoms with Gasteiger partial charge in [-0.3, -0.25) is 0 Å². The Bertz CT molecular complexity index is 1040. The molecule has 1 aliphatic rings. The first-order chi connectivity index (χ1) is 14.7. The summed E-state index contributed by atoms with van der Waals surface area (Å²) in [5.74, 6) is 1.52. The molecule has 0 bridgehead atoms. The molecule has 3 aromatic rings. The molecular formula is C24H24N2O3S. The Balaban J connectivity index is 1.50. The summed E-state index contributed by atoms with van der Waals surface area (Å²) < 4.78 is 10.1. The maximum absolute atomic E-state index is 11.9. The average molecular weight is 421 g/mol. The summed E-state index contributed by atoms with van der Waals surface area (Å²) in [5.41, 5.74) is 4.16. The molecule has 0 radical (unpaired) electrons. The minimum absolute atomic E-state index is 0.344. The highest BCUT2D eigenvalue weighted by molar-refractivity contribution is 7.14. The topological polar surface area (TPSA) is 51.1 Å². The molecule has 2 aromatic carbocycles. The number of methoxy groups -OCH3 is 2. The number of carbonyl (C=O) groups is 1. The fraction of sp³-hybridized carbons (Fsp3) is 0.250. The number of hydrogen-bond donors (Lipinski definition) is 0. The second-order valence-corrected chi connectivity index (χ2v) is 8.00. The summed E-state index contributed by atoms with van der Waals surface area (Å²) in [6.45, 7) is 0.926. The molecule has 5 nitrogen and oxygen atoms in total. The van der Waals surface area contributed by atoms with Crippen LogP contribution in [0, 0.1) is 0 Å². The highest BCUT2D eigenvalue weighted by atomic mass is 32.1. The molecule has 0 atom stereocenters. The molecule has 0 unspecified atom stereocenters. The van der Waals surface area contributed by atoms with Crippen molar-refractivity contribution in [2.75, 3.05) is 25.7 Å². The number of rotatable bonds is 6. The molecule has 1 saturated heterocycles.